The Balaban J connectivity index is 1.61. The van der Waals surface area contributed by atoms with E-state index < -0.39 is 0 Å². The highest BCUT2D eigenvalue weighted by molar-refractivity contribution is 8.23. The molecule has 0 aliphatic carbocycles. The van der Waals surface area contributed by atoms with Crippen molar-refractivity contribution >= 4 is 45.1 Å². The summed E-state index contributed by atoms with van der Waals surface area (Å²) in [6, 6.07) is 3.74. The number of nitrogens with zero attached hydrogens (tertiary/aromatic N) is 2. The molecule has 0 bridgehead atoms. The molecule has 1 aliphatic heterocycles. The maximum Gasteiger partial charge on any atom is 0.175 e. The van der Waals surface area contributed by atoms with Gasteiger partial charge in [-0.05, 0) is 26.0 Å². The Morgan fingerprint density at radius 3 is 2.96 bits per heavy atom. The van der Waals surface area contributed by atoms with Gasteiger partial charge in [-0.2, -0.15) is 0 Å². The third-order valence-corrected chi connectivity index (χ3v) is 5.28. The lowest BCUT2D eigenvalue weighted by Gasteiger charge is -2.36. The lowest BCUT2D eigenvalue weighted by molar-refractivity contribution is -0.0465. The Hall–Kier alpha value is -1.44. The Morgan fingerprint density at radius 1 is 1.48 bits per heavy atom. The van der Waals surface area contributed by atoms with Crippen LogP contribution in [0, 0.1) is 0 Å². The van der Waals surface area contributed by atoms with Gasteiger partial charge in [-0.25, -0.2) is 4.98 Å². The van der Waals surface area contributed by atoms with Gasteiger partial charge in [0, 0.05) is 36.4 Å². The molecule has 0 amide bonds. The van der Waals surface area contributed by atoms with Crippen LogP contribution in [0.2, 0.25) is 0 Å². The number of H-pyrrole nitrogens is 1. The highest BCUT2D eigenvalue weighted by Crippen LogP contribution is 2.21. The van der Waals surface area contributed by atoms with Gasteiger partial charge in [0.15, 0.2) is 5.78 Å². The molecule has 0 saturated carbocycles. The Labute approximate surface area is 144 Å². The molecule has 1 fully saturated rings. The van der Waals surface area contributed by atoms with Crippen LogP contribution in [0.1, 0.15) is 24.2 Å². The fourth-order valence-electron chi connectivity index (χ4n) is 2.81. The molecule has 23 heavy (non-hydrogen) atoms. The number of pyridine rings is 1. The highest BCUT2D eigenvalue weighted by atomic mass is 32.2. The van der Waals surface area contributed by atoms with Crippen LogP contribution in [-0.4, -0.2) is 56.0 Å². The zero-order valence-corrected chi connectivity index (χ0v) is 14.7. The first-order chi connectivity index (χ1) is 11.0. The van der Waals surface area contributed by atoms with Gasteiger partial charge in [-0.15, -0.1) is 0 Å². The minimum atomic E-state index is 0.0611. The number of carbonyl (C=O) groups is 1. The summed E-state index contributed by atoms with van der Waals surface area (Å²) in [6.07, 6.45) is 3.75. The number of nitrogens with one attached hydrogen (secondary N) is 1. The molecule has 2 aromatic rings. The number of hydrogen-bond acceptors (Lipinski definition) is 5. The summed E-state index contributed by atoms with van der Waals surface area (Å²) in [5, 5.41) is 0.859. The van der Waals surface area contributed by atoms with Crippen molar-refractivity contribution in [2.24, 2.45) is 0 Å². The summed E-state index contributed by atoms with van der Waals surface area (Å²) < 4.78 is 6.47. The fraction of sp³-hybridized carbons (Fsp3) is 0.438. The Kier molecular flexibility index (Phi) is 4.99. The average Bonchev–Trinajstić information content (AvgIpc) is 2.95. The molecule has 2 aromatic heterocycles. The molecule has 0 radical (unpaired) electrons. The van der Waals surface area contributed by atoms with Crippen LogP contribution in [0.5, 0.6) is 0 Å². The summed E-state index contributed by atoms with van der Waals surface area (Å²) >= 11 is 6.90. The Morgan fingerprint density at radius 2 is 2.22 bits per heavy atom. The molecular weight excluding hydrogens is 330 g/mol. The van der Waals surface area contributed by atoms with Crippen molar-refractivity contribution in [3.8, 4) is 0 Å². The van der Waals surface area contributed by atoms with Crippen molar-refractivity contribution in [2.45, 2.75) is 26.1 Å². The summed E-state index contributed by atoms with van der Waals surface area (Å²) in [7, 11) is 0. The van der Waals surface area contributed by atoms with Gasteiger partial charge in [0.05, 0.1) is 18.0 Å². The summed E-state index contributed by atoms with van der Waals surface area (Å²) in [4.78, 5) is 21.8. The number of thiocarbonyl (C=S) groups is 1. The number of rotatable bonds is 3. The third kappa shape index (κ3) is 3.73. The zero-order valence-electron chi connectivity index (χ0n) is 13.1. The van der Waals surface area contributed by atoms with Crippen molar-refractivity contribution in [1.29, 1.82) is 0 Å². The largest absolute Gasteiger partial charge is 0.372 e. The molecule has 0 aromatic carbocycles. The van der Waals surface area contributed by atoms with E-state index in [1.165, 1.54) is 11.8 Å². The maximum absolute atomic E-state index is 12.5. The number of ketones is 1. The number of Topliss-reactive ketones (excluding diaryl/α,β-unsaturated/α-hetero) is 1. The number of hydrogen-bond donors (Lipinski definition) is 1. The standard InChI is InChI=1S/C16H19N3O2S2/c1-10-7-19(8-11(2)21-10)16(22)23-9-14(20)13-6-18-15-12(13)4-3-5-17-15/h3-6,10-11H,7-9H2,1-2H3,(H,17,18)/t10-,11-/m0/s1. The van der Waals surface area contributed by atoms with Gasteiger partial charge in [-0.1, -0.05) is 24.0 Å². The van der Waals surface area contributed by atoms with Gasteiger partial charge in [0.2, 0.25) is 0 Å². The predicted molar refractivity (Wildman–Crippen MR) is 97.1 cm³/mol. The molecule has 0 spiro atoms. The quantitative estimate of drug-likeness (QED) is 0.679. The van der Waals surface area contributed by atoms with Crippen LogP contribution in [0.3, 0.4) is 0 Å². The van der Waals surface area contributed by atoms with E-state index in [1.807, 2.05) is 26.0 Å². The molecule has 3 rings (SSSR count). The van der Waals surface area contributed by atoms with Crippen molar-refractivity contribution in [2.75, 3.05) is 18.8 Å². The number of aromatic amines is 1. The van der Waals surface area contributed by atoms with E-state index in [9.17, 15) is 4.79 Å². The fourth-order valence-corrected chi connectivity index (χ4v) is 3.88. The van der Waals surface area contributed by atoms with E-state index in [-0.39, 0.29) is 18.0 Å². The lowest BCUT2D eigenvalue weighted by Crippen LogP contribution is -2.46. The second-order valence-corrected chi connectivity index (χ2v) is 7.35. The molecule has 3 heterocycles. The topological polar surface area (TPSA) is 58.2 Å². The maximum atomic E-state index is 12.5. The predicted octanol–water partition coefficient (Wildman–Crippen LogP) is 2.87. The molecule has 1 saturated heterocycles. The van der Waals surface area contributed by atoms with E-state index in [4.69, 9.17) is 17.0 Å². The van der Waals surface area contributed by atoms with Gasteiger partial charge in [-0.3, -0.25) is 4.79 Å². The van der Waals surface area contributed by atoms with Gasteiger partial charge >= 0.3 is 0 Å². The molecule has 2 atom stereocenters. The first kappa shape index (κ1) is 16.4. The molecule has 1 aliphatic rings. The zero-order chi connectivity index (χ0) is 16.4. The van der Waals surface area contributed by atoms with E-state index in [0.29, 0.717) is 11.3 Å². The minimum absolute atomic E-state index is 0.0611. The molecule has 0 unspecified atom stereocenters. The lowest BCUT2D eigenvalue weighted by atomic mass is 10.1. The van der Waals surface area contributed by atoms with Crippen LogP contribution in [-0.2, 0) is 4.74 Å². The summed E-state index contributed by atoms with van der Waals surface area (Å²) in [5.41, 5.74) is 1.41. The monoisotopic (exact) mass is 349 g/mol. The van der Waals surface area contributed by atoms with E-state index in [0.717, 1.165) is 28.4 Å². The van der Waals surface area contributed by atoms with Crippen molar-refractivity contribution in [1.82, 2.24) is 14.9 Å². The van der Waals surface area contributed by atoms with Crippen LogP contribution < -0.4 is 0 Å². The summed E-state index contributed by atoms with van der Waals surface area (Å²) in [6.45, 7) is 5.64. The second-order valence-electron chi connectivity index (χ2n) is 5.74. The van der Waals surface area contributed by atoms with E-state index in [2.05, 4.69) is 14.9 Å². The second kappa shape index (κ2) is 6.98. The third-order valence-electron chi connectivity index (χ3n) is 3.76. The average molecular weight is 349 g/mol. The normalized spacial score (nSPS) is 21.6. The molecular formula is C16H19N3O2S2. The molecule has 5 nitrogen and oxygen atoms in total. The van der Waals surface area contributed by atoms with E-state index >= 15 is 0 Å². The minimum Gasteiger partial charge on any atom is -0.372 e. The number of aromatic nitrogens is 2. The number of fused-ring (bicyclic) bond motifs is 1. The molecule has 7 heteroatoms. The van der Waals surface area contributed by atoms with Crippen LogP contribution in [0.15, 0.2) is 24.5 Å². The summed E-state index contributed by atoms with van der Waals surface area (Å²) in [5.74, 6) is 0.395. The van der Waals surface area contributed by atoms with Gasteiger partial charge < -0.3 is 14.6 Å². The van der Waals surface area contributed by atoms with Crippen molar-refractivity contribution in [3.05, 3.63) is 30.1 Å². The smallest absolute Gasteiger partial charge is 0.175 e. The number of carbonyl (C=O) groups excluding carboxylic acids is 1. The SMILES string of the molecule is C[C@H]1CN(C(=S)SCC(=O)c2c[nH]c3ncccc23)C[C@H](C)O1. The molecule has 122 valence electrons. The highest BCUT2D eigenvalue weighted by Gasteiger charge is 2.24. The first-order valence-corrected chi connectivity index (χ1v) is 8.96. The van der Waals surface area contributed by atoms with E-state index in [1.54, 1.807) is 12.4 Å². The van der Waals surface area contributed by atoms with Gasteiger partial charge in [0.25, 0.3) is 0 Å². The van der Waals surface area contributed by atoms with Crippen LogP contribution >= 0.6 is 24.0 Å². The van der Waals surface area contributed by atoms with Crippen molar-refractivity contribution in [3.63, 3.8) is 0 Å². The van der Waals surface area contributed by atoms with Crippen LogP contribution in [0.4, 0.5) is 0 Å². The number of morpholine rings is 1. The molecule has 1 N–H and O–H groups in total. The van der Waals surface area contributed by atoms with Crippen LogP contribution in [0.25, 0.3) is 11.0 Å². The van der Waals surface area contributed by atoms with Crippen molar-refractivity contribution < 1.29 is 9.53 Å². The Bertz CT molecular complexity index is 721. The number of ether oxygens (including phenoxy) is 1. The first-order valence-electron chi connectivity index (χ1n) is 7.57. The number of thioether (sulfide) groups is 1. The van der Waals surface area contributed by atoms with Gasteiger partial charge in [0.1, 0.15) is 9.97 Å².